The number of likely N-dealkylation sites (N-methyl/N-ethyl adjacent to an activating group) is 1. The molecule has 4 heteroatoms. The highest BCUT2D eigenvalue weighted by Crippen LogP contribution is 2.25. The number of hydrogen-bond donors (Lipinski definition) is 1. The topological polar surface area (TPSA) is 29.9 Å². The summed E-state index contributed by atoms with van der Waals surface area (Å²) >= 11 is 3.64. The molecule has 0 spiro atoms. The molecule has 1 unspecified atom stereocenters. The van der Waals surface area contributed by atoms with Crippen molar-refractivity contribution in [3.63, 3.8) is 0 Å². The van der Waals surface area contributed by atoms with E-state index in [9.17, 15) is 0 Å². The molecule has 0 aliphatic rings. The van der Waals surface area contributed by atoms with Crippen molar-refractivity contribution in [2.45, 2.75) is 32.2 Å². The third-order valence-electron chi connectivity index (χ3n) is 3.49. The Morgan fingerprint density at radius 2 is 2.05 bits per heavy atom. The van der Waals surface area contributed by atoms with Crippen molar-refractivity contribution in [3.05, 3.63) is 52.3 Å². The van der Waals surface area contributed by atoms with E-state index in [2.05, 4.69) is 68.3 Å². The highest BCUT2D eigenvalue weighted by molar-refractivity contribution is 9.10. The second-order valence-electron chi connectivity index (χ2n) is 5.03. The van der Waals surface area contributed by atoms with E-state index in [1.165, 1.54) is 11.3 Å². The van der Waals surface area contributed by atoms with Crippen LogP contribution >= 0.6 is 15.9 Å². The molecule has 3 nitrogen and oxygen atoms in total. The van der Waals surface area contributed by atoms with Crippen molar-refractivity contribution in [1.29, 1.82) is 0 Å². The van der Waals surface area contributed by atoms with Crippen LogP contribution in [0.2, 0.25) is 0 Å². The van der Waals surface area contributed by atoms with Crippen molar-refractivity contribution < 1.29 is 0 Å². The molecule has 0 saturated carbocycles. The van der Waals surface area contributed by atoms with Gasteiger partial charge in [0.05, 0.1) is 16.4 Å². The molecule has 0 aliphatic carbocycles. The minimum Gasteiger partial charge on any atom is -0.319 e. The van der Waals surface area contributed by atoms with Gasteiger partial charge in [-0.15, -0.1) is 0 Å². The van der Waals surface area contributed by atoms with E-state index >= 15 is 0 Å². The lowest BCUT2D eigenvalue weighted by Crippen LogP contribution is -2.20. The summed E-state index contributed by atoms with van der Waals surface area (Å²) in [4.78, 5) is 0. The van der Waals surface area contributed by atoms with Crippen LogP contribution in [-0.2, 0) is 13.0 Å². The molecule has 108 valence electrons. The summed E-state index contributed by atoms with van der Waals surface area (Å²) in [6, 6.07) is 10.7. The summed E-state index contributed by atoms with van der Waals surface area (Å²) in [6.45, 7) is 4.12. The van der Waals surface area contributed by atoms with Crippen molar-refractivity contribution in [2.24, 2.45) is 0 Å². The first kappa shape index (κ1) is 15.3. The van der Waals surface area contributed by atoms with Crippen LogP contribution in [-0.4, -0.2) is 23.4 Å². The summed E-state index contributed by atoms with van der Waals surface area (Å²) in [7, 11) is 2.01. The molecule has 1 aromatic heterocycles. The van der Waals surface area contributed by atoms with Gasteiger partial charge in [0.1, 0.15) is 0 Å². The van der Waals surface area contributed by atoms with Crippen LogP contribution in [0.5, 0.6) is 0 Å². The molecule has 2 aromatic rings. The van der Waals surface area contributed by atoms with Gasteiger partial charge < -0.3 is 5.32 Å². The first-order chi connectivity index (χ1) is 9.76. The third-order valence-corrected chi connectivity index (χ3v) is 4.16. The molecule has 0 bridgehead atoms. The Bertz CT molecular complexity index is 522. The minimum absolute atomic E-state index is 0.463. The average molecular weight is 336 g/mol. The molecular weight excluding hydrogens is 314 g/mol. The SMILES string of the molecule is CCCn1ncc(Br)c1CC(CNC)c1ccccc1. The van der Waals surface area contributed by atoms with E-state index in [0.29, 0.717) is 5.92 Å². The molecule has 1 aromatic carbocycles. The number of aryl methyl sites for hydroxylation is 1. The molecule has 1 N–H and O–H groups in total. The van der Waals surface area contributed by atoms with Crippen LogP contribution in [0.1, 0.15) is 30.5 Å². The van der Waals surface area contributed by atoms with Gasteiger partial charge in [-0.25, -0.2) is 0 Å². The largest absolute Gasteiger partial charge is 0.319 e. The predicted octanol–water partition coefficient (Wildman–Crippen LogP) is 3.60. The van der Waals surface area contributed by atoms with Gasteiger partial charge in [-0.3, -0.25) is 4.68 Å². The zero-order valence-corrected chi connectivity index (χ0v) is 13.7. The molecular formula is C16H22BrN3. The number of nitrogens with one attached hydrogen (secondary N) is 1. The summed E-state index contributed by atoms with van der Waals surface area (Å²) in [6.07, 6.45) is 4.00. The Hall–Kier alpha value is -1.13. The lowest BCUT2D eigenvalue weighted by molar-refractivity contribution is 0.540. The third kappa shape index (κ3) is 3.70. The fraction of sp³-hybridized carbons (Fsp3) is 0.438. The van der Waals surface area contributed by atoms with Gasteiger partial charge in [0.25, 0.3) is 0 Å². The monoisotopic (exact) mass is 335 g/mol. The molecule has 0 amide bonds. The van der Waals surface area contributed by atoms with Crippen LogP contribution in [0, 0.1) is 0 Å². The Morgan fingerprint density at radius 3 is 2.70 bits per heavy atom. The maximum absolute atomic E-state index is 4.46. The summed E-state index contributed by atoms with van der Waals surface area (Å²) in [5.74, 6) is 0.463. The molecule has 0 saturated heterocycles. The second-order valence-corrected chi connectivity index (χ2v) is 5.89. The van der Waals surface area contributed by atoms with E-state index in [4.69, 9.17) is 0 Å². The number of benzene rings is 1. The molecule has 0 aliphatic heterocycles. The Labute approximate surface area is 129 Å². The number of halogens is 1. The van der Waals surface area contributed by atoms with E-state index < -0.39 is 0 Å². The van der Waals surface area contributed by atoms with Gasteiger partial charge in [0, 0.05) is 19.0 Å². The van der Waals surface area contributed by atoms with Gasteiger partial charge in [-0.05, 0) is 41.4 Å². The van der Waals surface area contributed by atoms with Crippen molar-refractivity contribution in [2.75, 3.05) is 13.6 Å². The number of aromatic nitrogens is 2. The van der Waals surface area contributed by atoms with Crippen molar-refractivity contribution >= 4 is 15.9 Å². The van der Waals surface area contributed by atoms with E-state index in [1.807, 2.05) is 13.2 Å². The number of rotatable bonds is 7. The lowest BCUT2D eigenvalue weighted by atomic mass is 9.94. The Kier molecular flexibility index (Phi) is 5.80. The standard InChI is InChI=1S/C16H22BrN3/c1-3-9-20-16(15(17)12-19-20)10-14(11-18-2)13-7-5-4-6-8-13/h4-8,12,14,18H,3,9-11H2,1-2H3. The highest BCUT2D eigenvalue weighted by atomic mass is 79.9. The van der Waals surface area contributed by atoms with Crippen LogP contribution in [0.3, 0.4) is 0 Å². The van der Waals surface area contributed by atoms with Gasteiger partial charge in [-0.1, -0.05) is 37.3 Å². The van der Waals surface area contributed by atoms with Gasteiger partial charge >= 0.3 is 0 Å². The fourth-order valence-electron chi connectivity index (χ4n) is 2.51. The molecule has 20 heavy (non-hydrogen) atoms. The van der Waals surface area contributed by atoms with E-state index in [0.717, 1.165) is 30.4 Å². The maximum Gasteiger partial charge on any atom is 0.0635 e. The smallest absolute Gasteiger partial charge is 0.0635 e. The molecule has 1 atom stereocenters. The van der Waals surface area contributed by atoms with Crippen LogP contribution in [0.4, 0.5) is 0 Å². The first-order valence-corrected chi connectivity index (χ1v) is 7.95. The van der Waals surface area contributed by atoms with Gasteiger partial charge in [0.15, 0.2) is 0 Å². The quantitative estimate of drug-likeness (QED) is 0.837. The van der Waals surface area contributed by atoms with Gasteiger partial charge in [-0.2, -0.15) is 5.10 Å². The predicted molar refractivity (Wildman–Crippen MR) is 87.0 cm³/mol. The lowest BCUT2D eigenvalue weighted by Gasteiger charge is -2.18. The zero-order valence-electron chi connectivity index (χ0n) is 12.1. The molecule has 0 fully saturated rings. The van der Waals surface area contributed by atoms with Gasteiger partial charge in [0.2, 0.25) is 0 Å². The number of nitrogens with zero attached hydrogens (tertiary/aromatic N) is 2. The summed E-state index contributed by atoms with van der Waals surface area (Å²) in [5.41, 5.74) is 2.66. The molecule has 0 radical (unpaired) electrons. The maximum atomic E-state index is 4.46. The first-order valence-electron chi connectivity index (χ1n) is 7.16. The summed E-state index contributed by atoms with van der Waals surface area (Å²) < 4.78 is 3.23. The minimum atomic E-state index is 0.463. The molecule has 1 heterocycles. The normalized spacial score (nSPS) is 12.6. The summed E-state index contributed by atoms with van der Waals surface area (Å²) in [5, 5.41) is 7.77. The molecule has 2 rings (SSSR count). The fourth-order valence-corrected chi connectivity index (χ4v) is 2.97. The zero-order chi connectivity index (χ0) is 14.4. The average Bonchev–Trinajstić information content (AvgIpc) is 2.81. The Morgan fingerprint density at radius 1 is 1.30 bits per heavy atom. The van der Waals surface area contributed by atoms with E-state index in [1.54, 1.807) is 0 Å². The van der Waals surface area contributed by atoms with Crippen LogP contribution in [0.15, 0.2) is 41.0 Å². The van der Waals surface area contributed by atoms with E-state index in [-0.39, 0.29) is 0 Å². The van der Waals surface area contributed by atoms with Crippen molar-refractivity contribution in [1.82, 2.24) is 15.1 Å². The van der Waals surface area contributed by atoms with Crippen molar-refractivity contribution in [3.8, 4) is 0 Å². The number of hydrogen-bond acceptors (Lipinski definition) is 2. The Balaban J connectivity index is 2.22. The van der Waals surface area contributed by atoms with Crippen LogP contribution in [0.25, 0.3) is 0 Å². The highest BCUT2D eigenvalue weighted by Gasteiger charge is 2.16. The van der Waals surface area contributed by atoms with Crippen LogP contribution < -0.4 is 5.32 Å². The second kappa shape index (κ2) is 7.60.